The summed E-state index contributed by atoms with van der Waals surface area (Å²) < 4.78 is 1.87. The molecule has 0 bridgehead atoms. The minimum atomic E-state index is -0.661. The number of benzene rings is 2. The summed E-state index contributed by atoms with van der Waals surface area (Å²) in [4.78, 5) is 4.63. The van der Waals surface area contributed by atoms with Crippen molar-refractivity contribution in [2.45, 2.75) is 13.1 Å². The van der Waals surface area contributed by atoms with Gasteiger partial charge in [-0.05, 0) is 37.3 Å². The lowest BCUT2D eigenvalue weighted by Crippen LogP contribution is -2.13. The third-order valence-electron chi connectivity index (χ3n) is 3.98. The van der Waals surface area contributed by atoms with Crippen molar-refractivity contribution >= 4 is 17.3 Å². The highest BCUT2D eigenvalue weighted by atomic mass is 35.5. The van der Waals surface area contributed by atoms with Crippen LogP contribution in [0.25, 0.3) is 5.69 Å². The molecule has 3 aromatic rings. The topological polar surface area (TPSA) is 89.3 Å². The molecule has 1 atom stereocenters. The van der Waals surface area contributed by atoms with Crippen molar-refractivity contribution in [1.82, 2.24) is 14.8 Å². The molecule has 1 aliphatic heterocycles. The van der Waals surface area contributed by atoms with Crippen LogP contribution in [0, 0.1) is 6.92 Å². The Hall–Kier alpha value is -2.70. The van der Waals surface area contributed by atoms with Crippen LogP contribution in [0.3, 0.4) is 0 Å². The van der Waals surface area contributed by atoms with Gasteiger partial charge in [-0.15, -0.1) is 10.2 Å². The Labute approximate surface area is 143 Å². The summed E-state index contributed by atoms with van der Waals surface area (Å²) in [7, 11) is 0. The summed E-state index contributed by atoms with van der Waals surface area (Å²) in [5, 5.41) is 18.9. The fourth-order valence-corrected chi connectivity index (χ4v) is 3.01. The molecule has 0 saturated heterocycles. The molecule has 0 spiro atoms. The minimum Gasteiger partial charge on any atom is -0.508 e. The Kier molecular flexibility index (Phi) is 3.37. The molecule has 120 valence electrons. The Morgan fingerprint density at radius 3 is 2.62 bits per heavy atom. The Bertz CT molecular complexity index is 962. The van der Waals surface area contributed by atoms with Crippen molar-refractivity contribution in [3.05, 3.63) is 70.3 Å². The molecular formula is C17H14ClN5O. The zero-order chi connectivity index (χ0) is 16.8. The zero-order valence-electron chi connectivity index (χ0n) is 12.8. The smallest absolute Gasteiger partial charge is 0.177 e. The summed E-state index contributed by atoms with van der Waals surface area (Å²) in [5.41, 5.74) is 9.36. The van der Waals surface area contributed by atoms with E-state index in [1.165, 1.54) is 0 Å². The van der Waals surface area contributed by atoms with Crippen molar-refractivity contribution in [2.24, 2.45) is 10.7 Å². The minimum absolute atomic E-state index is 0.151. The predicted molar refractivity (Wildman–Crippen MR) is 91.8 cm³/mol. The number of aromatic hydroxyl groups is 1. The second-order valence-corrected chi connectivity index (χ2v) is 6.01. The molecular weight excluding hydrogens is 326 g/mol. The van der Waals surface area contributed by atoms with Gasteiger partial charge in [-0.25, -0.2) is 0 Å². The Morgan fingerprint density at radius 1 is 1.12 bits per heavy atom. The number of aromatic nitrogens is 3. The lowest BCUT2D eigenvalue weighted by atomic mass is 10.00. The van der Waals surface area contributed by atoms with Gasteiger partial charge >= 0.3 is 0 Å². The zero-order valence-corrected chi connectivity index (χ0v) is 13.6. The van der Waals surface area contributed by atoms with Crippen LogP contribution in [0.2, 0.25) is 5.02 Å². The number of rotatable bonds is 1. The van der Waals surface area contributed by atoms with Crippen LogP contribution in [-0.2, 0) is 0 Å². The Balaban J connectivity index is 2.02. The van der Waals surface area contributed by atoms with E-state index in [1.807, 2.05) is 29.7 Å². The number of aryl methyl sites for hydroxylation is 1. The third kappa shape index (κ3) is 2.28. The van der Waals surface area contributed by atoms with Gasteiger partial charge in [0.1, 0.15) is 11.6 Å². The van der Waals surface area contributed by atoms with Crippen molar-refractivity contribution in [3.8, 4) is 11.4 Å². The van der Waals surface area contributed by atoms with E-state index in [4.69, 9.17) is 17.3 Å². The first-order valence-electron chi connectivity index (χ1n) is 7.39. The standard InChI is InChI=1S/C17H14ClN5O/c1-9-21-22-17-16(19)20-15(10-2-4-11(18)5-3-10)13-8-12(24)6-7-14(13)23(9)17/h2-8,16,24H,19H2,1H3/t16-/m1/s1. The lowest BCUT2D eigenvalue weighted by Gasteiger charge is -2.12. The van der Waals surface area contributed by atoms with Gasteiger partial charge in [0.25, 0.3) is 0 Å². The van der Waals surface area contributed by atoms with E-state index in [1.54, 1.807) is 24.3 Å². The first-order chi connectivity index (χ1) is 11.5. The van der Waals surface area contributed by atoms with E-state index >= 15 is 0 Å². The molecule has 0 aliphatic carbocycles. The Morgan fingerprint density at radius 2 is 1.88 bits per heavy atom. The van der Waals surface area contributed by atoms with Gasteiger partial charge in [0.05, 0.1) is 11.4 Å². The average molecular weight is 340 g/mol. The number of nitrogens with zero attached hydrogens (tertiary/aromatic N) is 4. The molecule has 0 amide bonds. The molecule has 7 heteroatoms. The summed E-state index contributed by atoms with van der Waals surface area (Å²) in [6.45, 7) is 1.85. The molecule has 0 saturated carbocycles. The first kappa shape index (κ1) is 14.9. The van der Waals surface area contributed by atoms with Gasteiger partial charge in [0, 0.05) is 16.1 Å². The molecule has 0 fully saturated rings. The van der Waals surface area contributed by atoms with Crippen molar-refractivity contribution in [2.75, 3.05) is 0 Å². The normalized spacial score (nSPS) is 16.1. The van der Waals surface area contributed by atoms with Crippen molar-refractivity contribution in [3.63, 3.8) is 0 Å². The fraction of sp³-hybridized carbons (Fsp3) is 0.118. The highest BCUT2D eigenvalue weighted by Crippen LogP contribution is 2.31. The molecule has 0 unspecified atom stereocenters. The quantitative estimate of drug-likeness (QED) is 0.713. The maximum Gasteiger partial charge on any atom is 0.177 e. The van der Waals surface area contributed by atoms with Gasteiger partial charge in [0.15, 0.2) is 12.0 Å². The number of fused-ring (bicyclic) bond motifs is 3. The van der Waals surface area contributed by atoms with Crippen LogP contribution in [0.1, 0.15) is 28.9 Å². The number of phenolic OH excluding ortho intramolecular Hbond substituents is 1. The molecule has 3 N–H and O–H groups in total. The van der Waals surface area contributed by atoms with Gasteiger partial charge in [-0.3, -0.25) is 9.56 Å². The van der Waals surface area contributed by atoms with E-state index < -0.39 is 6.17 Å². The average Bonchev–Trinajstić information content (AvgIpc) is 2.89. The number of halogens is 1. The molecule has 1 aromatic heterocycles. The third-order valence-corrected chi connectivity index (χ3v) is 4.23. The maximum atomic E-state index is 9.97. The SMILES string of the molecule is Cc1nnc2n1-c1ccc(O)cc1C(c1ccc(Cl)cc1)=N[C@H]2N. The van der Waals surface area contributed by atoms with Gasteiger partial charge in [-0.1, -0.05) is 23.7 Å². The van der Waals surface area contributed by atoms with E-state index in [9.17, 15) is 5.11 Å². The van der Waals surface area contributed by atoms with Crippen molar-refractivity contribution in [1.29, 1.82) is 0 Å². The summed E-state index contributed by atoms with van der Waals surface area (Å²) in [6, 6.07) is 12.4. The second kappa shape index (κ2) is 5.43. The number of hydrogen-bond acceptors (Lipinski definition) is 5. The molecule has 1 aliphatic rings. The summed E-state index contributed by atoms with van der Waals surface area (Å²) in [6.07, 6.45) is -0.661. The summed E-state index contributed by atoms with van der Waals surface area (Å²) >= 11 is 5.99. The number of aliphatic imine (C=N–C) groups is 1. The monoisotopic (exact) mass is 339 g/mol. The number of phenols is 1. The molecule has 4 rings (SSSR count). The lowest BCUT2D eigenvalue weighted by molar-refractivity contribution is 0.475. The largest absolute Gasteiger partial charge is 0.508 e. The van der Waals surface area contributed by atoms with Crippen LogP contribution in [0.5, 0.6) is 5.75 Å². The van der Waals surface area contributed by atoms with Crippen LogP contribution >= 0.6 is 11.6 Å². The van der Waals surface area contributed by atoms with Crippen LogP contribution in [0.15, 0.2) is 47.5 Å². The maximum absolute atomic E-state index is 9.97. The fourth-order valence-electron chi connectivity index (χ4n) is 2.88. The van der Waals surface area contributed by atoms with E-state index in [0.717, 1.165) is 16.8 Å². The van der Waals surface area contributed by atoms with E-state index in [2.05, 4.69) is 15.2 Å². The number of hydrogen-bond donors (Lipinski definition) is 2. The molecule has 24 heavy (non-hydrogen) atoms. The van der Waals surface area contributed by atoms with E-state index in [-0.39, 0.29) is 5.75 Å². The highest BCUT2D eigenvalue weighted by molar-refractivity contribution is 6.30. The number of nitrogens with two attached hydrogens (primary N) is 1. The van der Waals surface area contributed by atoms with Crippen molar-refractivity contribution < 1.29 is 5.11 Å². The highest BCUT2D eigenvalue weighted by Gasteiger charge is 2.26. The summed E-state index contributed by atoms with van der Waals surface area (Å²) in [5.74, 6) is 1.42. The van der Waals surface area contributed by atoms with Crippen LogP contribution in [-0.4, -0.2) is 25.6 Å². The van der Waals surface area contributed by atoms with Crippen LogP contribution in [0.4, 0.5) is 0 Å². The van der Waals surface area contributed by atoms with Crippen LogP contribution < -0.4 is 5.73 Å². The van der Waals surface area contributed by atoms with E-state index in [0.29, 0.717) is 22.4 Å². The first-order valence-corrected chi connectivity index (χ1v) is 7.77. The molecule has 2 heterocycles. The van der Waals surface area contributed by atoms with Gasteiger partial charge < -0.3 is 10.8 Å². The molecule has 6 nitrogen and oxygen atoms in total. The second-order valence-electron chi connectivity index (χ2n) is 5.57. The predicted octanol–water partition coefficient (Wildman–Crippen LogP) is 2.74. The van der Waals surface area contributed by atoms with Gasteiger partial charge in [0.2, 0.25) is 0 Å². The molecule has 0 radical (unpaired) electrons. The molecule has 2 aromatic carbocycles. The van der Waals surface area contributed by atoms with Gasteiger partial charge in [-0.2, -0.15) is 0 Å².